The van der Waals surface area contributed by atoms with E-state index in [-0.39, 0.29) is 19.1 Å². The van der Waals surface area contributed by atoms with Gasteiger partial charge in [0.2, 0.25) is 5.91 Å². The third kappa shape index (κ3) is 51.5. The van der Waals surface area contributed by atoms with Gasteiger partial charge in [-0.2, -0.15) is 0 Å². The maximum atomic E-state index is 12.9. The van der Waals surface area contributed by atoms with Gasteiger partial charge in [-0.1, -0.05) is 234 Å². The molecule has 394 valence electrons. The fraction of sp³-hybridized carbons (Fsp3) is 0.746. The second-order valence-corrected chi connectivity index (χ2v) is 21.4. The molecule has 0 aliphatic carbocycles. The number of phosphoric acid groups is 1. The number of aliphatic hydroxyl groups excluding tert-OH is 1. The first-order valence-electron chi connectivity index (χ1n) is 28.0. The molecule has 0 saturated carbocycles. The molecule has 0 rings (SSSR count). The van der Waals surface area contributed by atoms with Crippen molar-refractivity contribution in [3.05, 3.63) is 85.1 Å². The first kappa shape index (κ1) is 65.7. The van der Waals surface area contributed by atoms with Gasteiger partial charge in [0.1, 0.15) is 13.2 Å². The average Bonchev–Trinajstić information content (AvgIpc) is 3.30. The Morgan fingerprint density at radius 2 is 0.897 bits per heavy atom. The summed E-state index contributed by atoms with van der Waals surface area (Å²) in [5, 5.41) is 13.9. The second kappa shape index (κ2) is 49.7. The van der Waals surface area contributed by atoms with Crippen LogP contribution in [0.4, 0.5) is 0 Å². The van der Waals surface area contributed by atoms with E-state index in [2.05, 4.69) is 92.1 Å². The van der Waals surface area contributed by atoms with Gasteiger partial charge in [0.15, 0.2) is 0 Å². The Morgan fingerprint density at radius 3 is 1.35 bits per heavy atom. The molecule has 0 aliphatic rings. The van der Waals surface area contributed by atoms with Gasteiger partial charge >= 0.3 is 7.82 Å². The number of phosphoric ester groups is 1. The van der Waals surface area contributed by atoms with Crippen LogP contribution < -0.4 is 5.32 Å². The number of hydrogen-bond donors (Lipinski definition) is 3. The van der Waals surface area contributed by atoms with E-state index in [1.165, 1.54) is 135 Å². The Balaban J connectivity index is 4.32. The maximum Gasteiger partial charge on any atom is 0.472 e. The van der Waals surface area contributed by atoms with Crippen molar-refractivity contribution in [2.45, 2.75) is 244 Å². The van der Waals surface area contributed by atoms with Crippen molar-refractivity contribution in [1.82, 2.24) is 5.32 Å². The number of rotatable bonds is 50. The van der Waals surface area contributed by atoms with Gasteiger partial charge in [0.25, 0.3) is 0 Å². The molecule has 0 spiro atoms. The molecule has 3 unspecified atom stereocenters. The van der Waals surface area contributed by atoms with Crippen LogP contribution in [0.2, 0.25) is 0 Å². The number of nitrogens with zero attached hydrogens (tertiary/aromatic N) is 1. The summed E-state index contributed by atoms with van der Waals surface area (Å²) in [6, 6.07) is -0.887. The van der Waals surface area contributed by atoms with E-state index in [4.69, 9.17) is 9.05 Å². The number of likely N-dealkylation sites (N-methyl/N-ethyl adjacent to an activating group) is 1. The molecule has 0 aromatic heterocycles. The zero-order valence-corrected chi connectivity index (χ0v) is 45.7. The Hall–Kier alpha value is -2.32. The Bertz CT molecular complexity index is 1380. The van der Waals surface area contributed by atoms with Crippen molar-refractivity contribution in [3.8, 4) is 0 Å². The highest BCUT2D eigenvalue weighted by Crippen LogP contribution is 2.43. The van der Waals surface area contributed by atoms with Crippen LogP contribution in [-0.2, 0) is 18.4 Å². The summed E-state index contributed by atoms with van der Waals surface area (Å²) in [6.07, 6.45) is 69.8. The predicted molar refractivity (Wildman–Crippen MR) is 295 cm³/mol. The minimum absolute atomic E-state index is 0.0451. The van der Waals surface area contributed by atoms with E-state index < -0.39 is 20.0 Å². The van der Waals surface area contributed by atoms with E-state index in [9.17, 15) is 19.4 Å². The molecule has 68 heavy (non-hydrogen) atoms. The number of quaternary nitrogens is 1. The SMILES string of the molecule is CC/C=C\C/C=C\C/C=C\C/C=C\C/C=C\CCCCCC(=O)NC(COP(=O)(O)OCC[N+](C)(C)C)C(O)/C=C/CC/C=C/CCCCCCCCCCCCCCCCCCCCCCC. The summed E-state index contributed by atoms with van der Waals surface area (Å²) in [6.45, 7) is 4.66. The van der Waals surface area contributed by atoms with Gasteiger partial charge in [-0.3, -0.25) is 13.8 Å². The molecule has 8 nitrogen and oxygen atoms in total. The first-order chi connectivity index (χ1) is 33.0. The summed E-state index contributed by atoms with van der Waals surface area (Å²) in [7, 11) is 1.52. The lowest BCUT2D eigenvalue weighted by atomic mass is 10.0. The van der Waals surface area contributed by atoms with E-state index in [0.717, 1.165) is 70.6 Å². The number of aliphatic hydroxyl groups is 1. The lowest BCUT2D eigenvalue weighted by Gasteiger charge is -2.25. The van der Waals surface area contributed by atoms with Crippen LogP contribution in [-0.4, -0.2) is 73.4 Å². The molecule has 0 fully saturated rings. The molecule has 0 radical (unpaired) electrons. The van der Waals surface area contributed by atoms with Gasteiger partial charge < -0.3 is 19.8 Å². The topological polar surface area (TPSA) is 105 Å². The highest BCUT2D eigenvalue weighted by Gasteiger charge is 2.27. The molecule has 0 aromatic rings. The number of nitrogens with one attached hydrogen (secondary N) is 1. The molecule has 0 aliphatic heterocycles. The molecule has 0 bridgehead atoms. The Labute approximate surface area is 420 Å². The molecule has 3 atom stereocenters. The third-order valence-electron chi connectivity index (χ3n) is 12.1. The second-order valence-electron chi connectivity index (χ2n) is 19.9. The van der Waals surface area contributed by atoms with Crippen LogP contribution in [0.3, 0.4) is 0 Å². The highest BCUT2D eigenvalue weighted by atomic mass is 31.2. The normalized spacial score (nSPS) is 14.6. The largest absolute Gasteiger partial charge is 0.472 e. The molecule has 0 saturated heterocycles. The smallest absolute Gasteiger partial charge is 0.387 e. The van der Waals surface area contributed by atoms with E-state index >= 15 is 0 Å². The number of hydrogen-bond acceptors (Lipinski definition) is 5. The number of allylic oxidation sites excluding steroid dienone is 13. The quantitative estimate of drug-likeness (QED) is 0.0243. The van der Waals surface area contributed by atoms with Crippen molar-refractivity contribution in [1.29, 1.82) is 0 Å². The molecule has 0 heterocycles. The summed E-state index contributed by atoms with van der Waals surface area (Å²) in [4.78, 5) is 23.2. The van der Waals surface area contributed by atoms with Crippen LogP contribution >= 0.6 is 7.82 Å². The molecule has 1 amide bonds. The van der Waals surface area contributed by atoms with Crippen LogP contribution in [0.25, 0.3) is 0 Å². The maximum absolute atomic E-state index is 12.9. The molecule has 9 heteroatoms. The Morgan fingerprint density at radius 1 is 0.515 bits per heavy atom. The van der Waals surface area contributed by atoms with Gasteiger partial charge in [-0.05, 0) is 77.0 Å². The lowest BCUT2D eigenvalue weighted by molar-refractivity contribution is -0.870. The third-order valence-corrected chi connectivity index (χ3v) is 13.1. The predicted octanol–water partition coefficient (Wildman–Crippen LogP) is 16.9. The van der Waals surface area contributed by atoms with Crippen molar-refractivity contribution in [2.75, 3.05) is 40.9 Å². The number of carbonyl (C=O) groups is 1. The molecular weight excluding hydrogens is 864 g/mol. The standard InChI is InChI=1S/C59H107N2O6P/c1-6-8-10-12-14-16-18-20-22-24-26-27-28-29-30-31-32-33-35-36-38-40-42-44-46-48-50-52-58(62)57(56-67-68(64,65)66-55-54-61(3,4)5)60-59(63)53-51-49-47-45-43-41-39-37-34-25-23-21-19-17-15-13-11-9-7-2/h9,11,15,17,21,23,34,37,41-44,50,52,57-58,62H,6-8,10,12-14,16,18-20,22,24-33,35-36,38-40,45-49,51,53-56H2,1-5H3,(H-,60,63,64,65)/p+1/b11-9-,17-15-,23-21-,37-34-,43-41-,44-42+,52-50+. The monoisotopic (exact) mass is 972 g/mol. The fourth-order valence-electron chi connectivity index (χ4n) is 7.73. The average molecular weight is 972 g/mol. The first-order valence-corrected chi connectivity index (χ1v) is 29.5. The zero-order chi connectivity index (χ0) is 49.9. The van der Waals surface area contributed by atoms with Crippen molar-refractivity contribution in [2.24, 2.45) is 0 Å². The molecule has 0 aromatic carbocycles. The fourth-order valence-corrected chi connectivity index (χ4v) is 8.47. The van der Waals surface area contributed by atoms with Crippen molar-refractivity contribution in [3.63, 3.8) is 0 Å². The van der Waals surface area contributed by atoms with Gasteiger partial charge in [0, 0.05) is 6.42 Å². The van der Waals surface area contributed by atoms with E-state index in [1.807, 2.05) is 27.2 Å². The summed E-state index contributed by atoms with van der Waals surface area (Å²) < 4.78 is 23.6. The van der Waals surface area contributed by atoms with Gasteiger partial charge in [-0.25, -0.2) is 4.57 Å². The minimum atomic E-state index is -4.37. The Kier molecular flexibility index (Phi) is 48.0. The summed E-state index contributed by atoms with van der Waals surface area (Å²) in [5.41, 5.74) is 0. The summed E-state index contributed by atoms with van der Waals surface area (Å²) in [5.74, 6) is -0.220. The molecule has 3 N–H and O–H groups in total. The lowest BCUT2D eigenvalue weighted by Crippen LogP contribution is -2.45. The minimum Gasteiger partial charge on any atom is -0.387 e. The summed E-state index contributed by atoms with van der Waals surface area (Å²) >= 11 is 0. The van der Waals surface area contributed by atoms with Crippen molar-refractivity contribution >= 4 is 13.7 Å². The number of unbranched alkanes of at least 4 members (excludes halogenated alkanes) is 25. The van der Waals surface area contributed by atoms with Crippen molar-refractivity contribution < 1.29 is 32.9 Å². The van der Waals surface area contributed by atoms with Gasteiger partial charge in [0.05, 0.1) is 39.9 Å². The number of carbonyl (C=O) groups excluding carboxylic acids is 1. The van der Waals surface area contributed by atoms with Crippen LogP contribution in [0.1, 0.15) is 232 Å². The van der Waals surface area contributed by atoms with Crippen LogP contribution in [0.15, 0.2) is 85.1 Å². The zero-order valence-electron chi connectivity index (χ0n) is 44.8. The van der Waals surface area contributed by atoms with Gasteiger partial charge in [-0.15, -0.1) is 0 Å². The molecular formula is C59H108N2O6P+. The van der Waals surface area contributed by atoms with Crippen LogP contribution in [0.5, 0.6) is 0 Å². The van der Waals surface area contributed by atoms with Crippen LogP contribution in [0, 0.1) is 0 Å². The highest BCUT2D eigenvalue weighted by molar-refractivity contribution is 7.47. The van der Waals surface area contributed by atoms with E-state index in [0.29, 0.717) is 23.9 Å². The van der Waals surface area contributed by atoms with E-state index in [1.54, 1.807) is 6.08 Å². The number of amides is 1.